The molecule has 58 heavy (non-hydrogen) atoms. The molecule has 0 amide bonds. The number of rotatable bonds is 24. The molecule has 1 heterocycles. The van der Waals surface area contributed by atoms with E-state index in [9.17, 15) is 20.1 Å². The van der Waals surface area contributed by atoms with Gasteiger partial charge >= 0.3 is 5.97 Å². The van der Waals surface area contributed by atoms with Crippen LogP contribution < -0.4 is 0 Å². The Morgan fingerprint density at radius 1 is 0.776 bits per heavy atom. The molecule has 0 spiro atoms. The van der Waals surface area contributed by atoms with E-state index in [1.807, 2.05) is 0 Å². The molecule has 1 saturated heterocycles. The number of fused-ring (bicyclic) bond motifs is 5. The number of ether oxygens (including phenoxy) is 3. The zero-order valence-electron chi connectivity index (χ0n) is 38.4. The molecule has 0 aromatic carbocycles. The molecule has 1 aliphatic heterocycles. The van der Waals surface area contributed by atoms with Crippen molar-refractivity contribution in [3.63, 3.8) is 0 Å². The van der Waals surface area contributed by atoms with E-state index < -0.39 is 30.7 Å². The smallest absolute Gasteiger partial charge is 0.305 e. The number of aliphatic hydroxyl groups excluding tert-OH is 3. The molecule has 7 heteroatoms. The van der Waals surface area contributed by atoms with Gasteiger partial charge in [0.2, 0.25) is 0 Å². The second kappa shape index (κ2) is 22.9. The summed E-state index contributed by atoms with van der Waals surface area (Å²) in [5, 5.41) is 32.5. The Hall–Kier alpha value is -0.990. The second-order valence-corrected chi connectivity index (χ2v) is 21.2. The Bertz CT molecular complexity index is 1250. The highest BCUT2D eigenvalue weighted by Crippen LogP contribution is 2.67. The van der Waals surface area contributed by atoms with Gasteiger partial charge < -0.3 is 29.5 Å². The summed E-state index contributed by atoms with van der Waals surface area (Å²) in [6, 6.07) is 0. The Balaban J connectivity index is 1.04. The van der Waals surface area contributed by atoms with Gasteiger partial charge in [-0.1, -0.05) is 150 Å². The van der Waals surface area contributed by atoms with Gasteiger partial charge in [0.25, 0.3) is 0 Å². The molecule has 5 rings (SSSR count). The number of hydrogen-bond donors (Lipinski definition) is 3. The predicted molar refractivity (Wildman–Crippen MR) is 235 cm³/mol. The van der Waals surface area contributed by atoms with Gasteiger partial charge in [-0.2, -0.15) is 0 Å². The summed E-state index contributed by atoms with van der Waals surface area (Å²) in [7, 11) is 0. The van der Waals surface area contributed by atoms with Crippen molar-refractivity contribution in [2.75, 3.05) is 6.61 Å². The number of esters is 1. The van der Waals surface area contributed by atoms with E-state index in [-0.39, 0.29) is 24.1 Å². The molecular weight excluding hydrogens is 725 g/mol. The molecular formula is C51H90O7. The fourth-order valence-electron chi connectivity index (χ4n) is 13.1. The van der Waals surface area contributed by atoms with Crippen LogP contribution in [0.2, 0.25) is 0 Å². The maximum absolute atomic E-state index is 12.6. The molecule has 336 valence electrons. The third kappa shape index (κ3) is 11.9. The molecule has 0 aromatic heterocycles. The first-order valence-electron chi connectivity index (χ1n) is 25.0. The molecule has 0 radical (unpaired) electrons. The Kier molecular flexibility index (Phi) is 19.0. The van der Waals surface area contributed by atoms with Gasteiger partial charge in [-0.3, -0.25) is 4.79 Å². The highest BCUT2D eigenvalue weighted by atomic mass is 16.7. The van der Waals surface area contributed by atoms with Gasteiger partial charge in [0.05, 0.1) is 6.10 Å². The molecule has 14 atom stereocenters. The highest BCUT2D eigenvalue weighted by molar-refractivity contribution is 5.69. The lowest BCUT2D eigenvalue weighted by Gasteiger charge is -2.58. The first kappa shape index (κ1) is 48.0. The summed E-state index contributed by atoms with van der Waals surface area (Å²) >= 11 is 0. The molecule has 0 aromatic rings. The third-order valence-electron chi connectivity index (χ3n) is 17.1. The number of hydrogen-bond acceptors (Lipinski definition) is 7. The van der Waals surface area contributed by atoms with E-state index >= 15 is 0 Å². The van der Waals surface area contributed by atoms with Gasteiger partial charge in [0.15, 0.2) is 6.29 Å². The Labute approximate surface area is 355 Å². The molecule has 3 saturated carbocycles. The Morgan fingerprint density at radius 2 is 1.40 bits per heavy atom. The summed E-state index contributed by atoms with van der Waals surface area (Å²) in [6.07, 6.45) is 26.2. The topological polar surface area (TPSA) is 105 Å². The van der Waals surface area contributed by atoms with Crippen molar-refractivity contribution in [2.45, 2.75) is 246 Å². The highest BCUT2D eigenvalue weighted by Gasteiger charge is 2.58. The quantitative estimate of drug-likeness (QED) is 0.0506. The largest absolute Gasteiger partial charge is 0.463 e. The van der Waals surface area contributed by atoms with Crippen LogP contribution in [0.1, 0.15) is 209 Å². The van der Waals surface area contributed by atoms with Gasteiger partial charge in [-0.15, -0.1) is 0 Å². The number of carbonyl (C=O) groups is 1. The summed E-state index contributed by atoms with van der Waals surface area (Å²) in [5.74, 6) is 4.78. The molecule has 14 unspecified atom stereocenters. The maximum Gasteiger partial charge on any atom is 0.305 e. The van der Waals surface area contributed by atoms with Gasteiger partial charge in [-0.05, 0) is 116 Å². The van der Waals surface area contributed by atoms with E-state index in [0.29, 0.717) is 23.7 Å². The number of aliphatic hydroxyl groups is 3. The van der Waals surface area contributed by atoms with Crippen molar-refractivity contribution in [1.29, 1.82) is 0 Å². The van der Waals surface area contributed by atoms with Crippen molar-refractivity contribution < 1.29 is 34.3 Å². The molecule has 7 nitrogen and oxygen atoms in total. The average Bonchev–Trinajstić information content (AvgIpc) is 3.56. The maximum atomic E-state index is 12.6. The predicted octanol–water partition coefficient (Wildman–Crippen LogP) is 11.9. The van der Waals surface area contributed by atoms with Crippen LogP contribution in [0.4, 0.5) is 0 Å². The van der Waals surface area contributed by atoms with Crippen molar-refractivity contribution in [3.05, 3.63) is 11.6 Å². The lowest BCUT2D eigenvalue weighted by Crippen LogP contribution is -2.60. The lowest BCUT2D eigenvalue weighted by molar-refractivity contribution is -0.316. The number of unbranched alkanes of at least 4 members (excludes halogenated alkanes) is 12. The van der Waals surface area contributed by atoms with Gasteiger partial charge in [0, 0.05) is 6.42 Å². The van der Waals surface area contributed by atoms with Crippen LogP contribution in [0.25, 0.3) is 0 Å². The Morgan fingerprint density at radius 3 is 2.03 bits per heavy atom. The summed E-state index contributed by atoms with van der Waals surface area (Å²) in [5.41, 5.74) is 2.44. The standard InChI is InChI=1S/C51H90O7/c1-8-10-11-12-13-14-15-16-17-18-19-20-21-22-45(52)56-34-44-46(53)47(54)48(55)49(58-44)57-39-29-31-50(6)38(33-39)25-26-40-42-28-27-41(51(42,7)32-30-43(40)50)36(5)23-24-37(9-2)35(3)4/h26,35-39,41-44,46-49,53-55H,8-25,27-34H2,1-7H3. The minimum absolute atomic E-state index is 0.0998. The summed E-state index contributed by atoms with van der Waals surface area (Å²) in [6.45, 7) is 17.0. The lowest BCUT2D eigenvalue weighted by atomic mass is 9.47. The molecule has 4 aliphatic carbocycles. The van der Waals surface area contributed by atoms with E-state index in [4.69, 9.17) is 14.2 Å². The molecule has 5 aliphatic rings. The summed E-state index contributed by atoms with van der Waals surface area (Å²) in [4.78, 5) is 12.6. The van der Waals surface area contributed by atoms with E-state index in [2.05, 4.69) is 54.5 Å². The molecule has 3 N–H and O–H groups in total. The van der Waals surface area contributed by atoms with Crippen molar-refractivity contribution in [1.82, 2.24) is 0 Å². The monoisotopic (exact) mass is 815 g/mol. The van der Waals surface area contributed by atoms with Crippen molar-refractivity contribution in [3.8, 4) is 0 Å². The van der Waals surface area contributed by atoms with Crippen molar-refractivity contribution in [2.24, 2.45) is 52.3 Å². The zero-order valence-corrected chi connectivity index (χ0v) is 38.4. The number of carbonyl (C=O) groups excluding carboxylic acids is 1. The van der Waals surface area contributed by atoms with Gasteiger partial charge in [-0.25, -0.2) is 0 Å². The zero-order chi connectivity index (χ0) is 41.9. The number of allylic oxidation sites excluding steroid dienone is 2. The minimum Gasteiger partial charge on any atom is -0.463 e. The van der Waals surface area contributed by atoms with Crippen LogP contribution in [-0.2, 0) is 19.0 Å². The van der Waals surface area contributed by atoms with E-state index in [1.54, 1.807) is 5.57 Å². The van der Waals surface area contributed by atoms with Crippen LogP contribution in [0.3, 0.4) is 0 Å². The van der Waals surface area contributed by atoms with E-state index in [0.717, 1.165) is 74.5 Å². The fourth-order valence-corrected chi connectivity index (χ4v) is 13.1. The normalized spacial score (nSPS) is 37.1. The second-order valence-electron chi connectivity index (χ2n) is 21.2. The SMILES string of the molecule is CCCCCCCCCCCCCCCC(=O)OCC1OC(OC2CCC3(C)C(CC=C4C3CCC3(C)C4CCC3C(C)CCC(CC)C(C)C)C2)C(O)C(O)C1O. The molecule has 4 fully saturated rings. The van der Waals surface area contributed by atoms with Crippen LogP contribution in [0.15, 0.2) is 11.6 Å². The van der Waals surface area contributed by atoms with Crippen LogP contribution in [-0.4, -0.2) is 64.7 Å². The van der Waals surface area contributed by atoms with Crippen molar-refractivity contribution >= 4 is 5.97 Å². The fraction of sp³-hybridized carbons (Fsp3) is 0.941. The van der Waals surface area contributed by atoms with Crippen LogP contribution in [0, 0.1) is 52.3 Å². The van der Waals surface area contributed by atoms with Crippen LogP contribution >= 0.6 is 0 Å². The van der Waals surface area contributed by atoms with Gasteiger partial charge in [0.1, 0.15) is 31.0 Å². The minimum atomic E-state index is -1.43. The third-order valence-corrected chi connectivity index (χ3v) is 17.1. The summed E-state index contributed by atoms with van der Waals surface area (Å²) < 4.78 is 18.1. The first-order chi connectivity index (χ1) is 27.8. The first-order valence-corrected chi connectivity index (χ1v) is 25.0. The average molecular weight is 815 g/mol. The van der Waals surface area contributed by atoms with E-state index in [1.165, 1.54) is 109 Å². The molecule has 0 bridgehead atoms. The van der Waals surface area contributed by atoms with Crippen LogP contribution in [0.5, 0.6) is 0 Å².